The van der Waals surface area contributed by atoms with E-state index < -0.39 is 15.9 Å². The fourth-order valence-corrected chi connectivity index (χ4v) is 6.53. The van der Waals surface area contributed by atoms with Crippen LogP contribution in [0.25, 0.3) is 0 Å². The van der Waals surface area contributed by atoms with E-state index in [1.165, 1.54) is 10.4 Å². The van der Waals surface area contributed by atoms with Crippen molar-refractivity contribution in [3.8, 4) is 0 Å². The predicted molar refractivity (Wildman–Crippen MR) is 123 cm³/mol. The highest BCUT2D eigenvalue weighted by Gasteiger charge is 2.31. The molecule has 2 aliphatic heterocycles. The van der Waals surface area contributed by atoms with Crippen LogP contribution < -0.4 is 10.6 Å². The molecule has 172 valence electrons. The lowest BCUT2D eigenvalue weighted by Gasteiger charge is -2.25. The Morgan fingerprint density at radius 3 is 2.22 bits per heavy atom. The van der Waals surface area contributed by atoms with Crippen LogP contribution in [0.5, 0.6) is 0 Å². The molecule has 1 aromatic carbocycles. The van der Waals surface area contributed by atoms with E-state index in [2.05, 4.69) is 10.6 Å². The third-order valence-electron chi connectivity index (χ3n) is 5.42. The second-order valence-corrected chi connectivity index (χ2v) is 10.5. The molecule has 2 N–H and O–H groups in total. The first-order valence-corrected chi connectivity index (χ1v) is 12.8. The summed E-state index contributed by atoms with van der Waals surface area (Å²) in [4.78, 5) is 27.2. The van der Waals surface area contributed by atoms with Crippen molar-refractivity contribution < 1.29 is 22.7 Å². The summed E-state index contributed by atoms with van der Waals surface area (Å²) in [6.45, 7) is 4.00. The first-order valence-electron chi connectivity index (χ1n) is 10.5. The lowest BCUT2D eigenvalue weighted by Crippen LogP contribution is -2.41. The SMILES string of the molecule is O=C(CN1CCOCC1)Nc1ccc(NC(=O)c2sccc2S(=O)(=O)N2CCCC2)cc1. The zero-order valence-electron chi connectivity index (χ0n) is 17.6. The molecule has 2 amide bonds. The highest BCUT2D eigenvalue weighted by atomic mass is 32.2. The number of carbonyl (C=O) groups excluding carboxylic acids is 2. The van der Waals surface area contributed by atoms with Crippen LogP contribution >= 0.6 is 11.3 Å². The molecule has 0 bridgehead atoms. The molecule has 0 radical (unpaired) electrons. The van der Waals surface area contributed by atoms with Crippen LogP contribution in [-0.2, 0) is 19.6 Å². The van der Waals surface area contributed by atoms with Crippen LogP contribution in [0.4, 0.5) is 11.4 Å². The minimum absolute atomic E-state index is 0.0499. The Balaban J connectivity index is 1.36. The Bertz CT molecular complexity index is 1060. The Hall–Kier alpha value is -2.31. The van der Waals surface area contributed by atoms with Crippen LogP contribution in [0.3, 0.4) is 0 Å². The number of nitrogens with zero attached hydrogens (tertiary/aromatic N) is 2. The molecular weight excluding hydrogens is 452 g/mol. The lowest BCUT2D eigenvalue weighted by molar-refractivity contribution is -0.118. The third kappa shape index (κ3) is 5.36. The van der Waals surface area contributed by atoms with E-state index in [0.717, 1.165) is 37.3 Å². The zero-order valence-corrected chi connectivity index (χ0v) is 19.2. The molecule has 2 fully saturated rings. The van der Waals surface area contributed by atoms with E-state index in [4.69, 9.17) is 4.74 Å². The Morgan fingerprint density at radius 1 is 0.938 bits per heavy atom. The highest BCUT2D eigenvalue weighted by Crippen LogP contribution is 2.28. The fraction of sp³-hybridized carbons (Fsp3) is 0.429. The summed E-state index contributed by atoms with van der Waals surface area (Å²) < 4.78 is 32.4. The van der Waals surface area contributed by atoms with Gasteiger partial charge >= 0.3 is 0 Å². The maximum atomic E-state index is 12.9. The van der Waals surface area contributed by atoms with Gasteiger partial charge in [-0.1, -0.05) is 0 Å². The molecule has 32 heavy (non-hydrogen) atoms. The van der Waals surface area contributed by atoms with Crippen LogP contribution in [-0.4, -0.2) is 75.4 Å². The maximum absolute atomic E-state index is 12.9. The number of hydrogen-bond acceptors (Lipinski definition) is 7. The van der Waals surface area contributed by atoms with Crippen LogP contribution in [0.2, 0.25) is 0 Å². The Labute approximate surface area is 191 Å². The van der Waals surface area contributed by atoms with Crippen molar-refractivity contribution in [3.05, 3.63) is 40.6 Å². The predicted octanol–water partition coefficient (Wildman–Crippen LogP) is 2.06. The quantitative estimate of drug-likeness (QED) is 0.631. The van der Waals surface area contributed by atoms with E-state index in [9.17, 15) is 18.0 Å². The first-order chi connectivity index (χ1) is 15.4. The summed E-state index contributed by atoms with van der Waals surface area (Å²) in [5.74, 6) is -0.582. The number of ether oxygens (including phenoxy) is 1. The molecule has 0 saturated carbocycles. The van der Waals surface area contributed by atoms with Crippen LogP contribution in [0, 0.1) is 0 Å². The molecule has 0 atom stereocenters. The number of amides is 2. The second-order valence-electron chi connectivity index (χ2n) is 7.69. The molecule has 9 nitrogen and oxygen atoms in total. The number of anilines is 2. The minimum Gasteiger partial charge on any atom is -0.379 e. The standard InChI is InChI=1S/C21H26N4O5S2/c26-19(15-24-10-12-30-13-11-24)22-16-3-5-17(6-4-16)23-21(27)20-18(7-14-31-20)32(28,29)25-8-1-2-9-25/h3-7,14H,1-2,8-13,15H2,(H,22,26)(H,23,27). The molecular formula is C21H26N4O5S2. The van der Waals surface area contributed by atoms with Crippen molar-refractivity contribution in [1.29, 1.82) is 0 Å². The number of nitrogens with one attached hydrogen (secondary N) is 2. The summed E-state index contributed by atoms with van der Waals surface area (Å²) in [7, 11) is -3.67. The number of sulfonamides is 1. The van der Waals surface area contributed by atoms with Crippen molar-refractivity contribution in [2.24, 2.45) is 0 Å². The van der Waals surface area contributed by atoms with E-state index in [1.807, 2.05) is 4.90 Å². The Kier molecular flexibility index (Phi) is 7.21. The Morgan fingerprint density at radius 2 is 1.56 bits per heavy atom. The van der Waals surface area contributed by atoms with Gasteiger partial charge in [0.15, 0.2) is 0 Å². The molecule has 0 aliphatic carbocycles. The summed E-state index contributed by atoms with van der Waals surface area (Å²) in [6.07, 6.45) is 1.67. The van der Waals surface area contributed by atoms with Crippen molar-refractivity contribution >= 4 is 44.5 Å². The number of benzene rings is 1. The number of morpholine rings is 1. The van der Waals surface area contributed by atoms with Gasteiger partial charge in [-0.25, -0.2) is 8.42 Å². The van der Waals surface area contributed by atoms with E-state index in [-0.39, 0.29) is 15.7 Å². The van der Waals surface area contributed by atoms with Crippen molar-refractivity contribution in [3.63, 3.8) is 0 Å². The maximum Gasteiger partial charge on any atom is 0.267 e. The fourth-order valence-electron chi connectivity index (χ4n) is 3.72. The van der Waals surface area contributed by atoms with Crippen molar-refractivity contribution in [1.82, 2.24) is 9.21 Å². The minimum atomic E-state index is -3.67. The smallest absolute Gasteiger partial charge is 0.267 e. The van der Waals surface area contributed by atoms with Gasteiger partial charge in [-0.05, 0) is 48.6 Å². The highest BCUT2D eigenvalue weighted by molar-refractivity contribution is 7.89. The molecule has 1 aromatic heterocycles. The number of hydrogen-bond donors (Lipinski definition) is 2. The topological polar surface area (TPSA) is 108 Å². The van der Waals surface area contributed by atoms with Gasteiger partial charge in [-0.2, -0.15) is 4.31 Å². The molecule has 2 aromatic rings. The van der Waals surface area contributed by atoms with Crippen LogP contribution in [0.15, 0.2) is 40.6 Å². The van der Waals surface area contributed by atoms with Gasteiger partial charge in [0.2, 0.25) is 15.9 Å². The summed E-state index contributed by atoms with van der Waals surface area (Å²) in [5, 5.41) is 7.20. The molecule has 4 rings (SSSR count). The first kappa shape index (κ1) is 22.9. The normalized spacial score (nSPS) is 17.9. The average Bonchev–Trinajstić information content (AvgIpc) is 3.49. The molecule has 2 saturated heterocycles. The van der Waals surface area contributed by atoms with Gasteiger partial charge in [0.25, 0.3) is 5.91 Å². The number of rotatable bonds is 7. The zero-order chi connectivity index (χ0) is 22.6. The second kappa shape index (κ2) is 10.1. The van der Waals surface area contributed by atoms with Gasteiger partial charge in [0.05, 0.1) is 19.8 Å². The number of thiophene rings is 1. The number of carbonyl (C=O) groups is 2. The molecule has 3 heterocycles. The van der Waals surface area contributed by atoms with Crippen molar-refractivity contribution in [2.45, 2.75) is 17.7 Å². The van der Waals surface area contributed by atoms with Gasteiger partial charge in [-0.3, -0.25) is 14.5 Å². The monoisotopic (exact) mass is 478 g/mol. The van der Waals surface area contributed by atoms with Gasteiger partial charge < -0.3 is 15.4 Å². The van der Waals surface area contributed by atoms with E-state index in [0.29, 0.717) is 44.2 Å². The lowest BCUT2D eigenvalue weighted by atomic mass is 10.2. The van der Waals surface area contributed by atoms with E-state index >= 15 is 0 Å². The van der Waals surface area contributed by atoms with E-state index in [1.54, 1.807) is 29.6 Å². The van der Waals surface area contributed by atoms with Gasteiger partial charge in [-0.15, -0.1) is 11.3 Å². The molecule has 0 spiro atoms. The molecule has 0 unspecified atom stereocenters. The van der Waals surface area contributed by atoms with Gasteiger partial charge in [0.1, 0.15) is 9.77 Å². The molecule has 2 aliphatic rings. The average molecular weight is 479 g/mol. The van der Waals surface area contributed by atoms with Crippen LogP contribution in [0.1, 0.15) is 22.5 Å². The summed E-state index contributed by atoms with van der Waals surface area (Å²) >= 11 is 1.10. The largest absolute Gasteiger partial charge is 0.379 e. The molecule has 11 heteroatoms. The van der Waals surface area contributed by atoms with Gasteiger partial charge in [0, 0.05) is 37.6 Å². The third-order valence-corrected chi connectivity index (χ3v) is 8.40. The summed E-state index contributed by atoms with van der Waals surface area (Å²) in [5.41, 5.74) is 1.13. The van der Waals surface area contributed by atoms with Crippen molar-refractivity contribution in [2.75, 3.05) is 56.6 Å². The summed E-state index contributed by atoms with van der Waals surface area (Å²) in [6, 6.07) is 8.22.